The lowest BCUT2D eigenvalue weighted by atomic mass is 10.2. The van der Waals surface area contributed by atoms with E-state index in [1.165, 1.54) is 0 Å². The molecule has 0 aromatic heterocycles. The number of likely N-dealkylation sites (N-methyl/N-ethyl adjacent to an activating group) is 1. The van der Waals surface area contributed by atoms with Gasteiger partial charge in [0.05, 0.1) is 12.3 Å². The molecule has 20 heavy (non-hydrogen) atoms. The van der Waals surface area contributed by atoms with E-state index < -0.39 is 0 Å². The lowest BCUT2D eigenvalue weighted by Crippen LogP contribution is -2.22. The minimum absolute atomic E-state index is 0.642. The predicted molar refractivity (Wildman–Crippen MR) is 86.5 cm³/mol. The molecule has 0 fully saturated rings. The van der Waals surface area contributed by atoms with Crippen molar-refractivity contribution in [2.24, 2.45) is 0 Å². The van der Waals surface area contributed by atoms with Gasteiger partial charge in [-0.15, -0.1) is 0 Å². The number of nitrogens with zero attached hydrogens (tertiary/aromatic N) is 1. The zero-order valence-corrected chi connectivity index (χ0v) is 13.2. The van der Waals surface area contributed by atoms with Gasteiger partial charge in [-0.25, -0.2) is 0 Å². The molecule has 0 atom stereocenters. The molecule has 0 saturated heterocycles. The summed E-state index contributed by atoms with van der Waals surface area (Å²) in [5, 5.41) is 0.747. The highest BCUT2D eigenvalue weighted by Gasteiger charge is 1.94. The number of hydrogen-bond acceptors (Lipinski definition) is 3. The van der Waals surface area contributed by atoms with Crippen LogP contribution >= 0.6 is 11.6 Å². The molecule has 1 N–H and O–H groups in total. The van der Waals surface area contributed by atoms with E-state index in [1.54, 1.807) is 0 Å². The van der Waals surface area contributed by atoms with Crippen LogP contribution in [-0.2, 0) is 4.84 Å². The molecular formula is C16H23ClN2O. The second-order valence-electron chi connectivity index (χ2n) is 4.71. The van der Waals surface area contributed by atoms with E-state index in [0.29, 0.717) is 6.61 Å². The van der Waals surface area contributed by atoms with Gasteiger partial charge in [0.2, 0.25) is 0 Å². The van der Waals surface area contributed by atoms with Crippen molar-refractivity contribution in [1.82, 2.24) is 10.4 Å². The van der Waals surface area contributed by atoms with Gasteiger partial charge in [0.1, 0.15) is 0 Å². The van der Waals surface area contributed by atoms with Crippen LogP contribution < -0.4 is 5.48 Å². The zero-order chi connectivity index (χ0) is 14.8. The molecule has 1 aromatic rings. The normalized spacial score (nSPS) is 12.3. The fourth-order valence-corrected chi connectivity index (χ4v) is 1.61. The van der Waals surface area contributed by atoms with Gasteiger partial charge < -0.3 is 4.90 Å². The first-order chi connectivity index (χ1) is 9.61. The summed E-state index contributed by atoms with van der Waals surface area (Å²) in [7, 11) is 4.04. The Morgan fingerprint density at radius 2 is 2.00 bits per heavy atom. The van der Waals surface area contributed by atoms with E-state index in [1.807, 2.05) is 50.5 Å². The Balaban J connectivity index is 2.50. The van der Waals surface area contributed by atoms with Gasteiger partial charge in [-0.1, -0.05) is 42.8 Å². The number of hydroxylamine groups is 1. The van der Waals surface area contributed by atoms with Crippen LogP contribution in [0.25, 0.3) is 6.08 Å². The van der Waals surface area contributed by atoms with E-state index in [9.17, 15) is 0 Å². The van der Waals surface area contributed by atoms with Crippen LogP contribution in [0.1, 0.15) is 18.9 Å². The van der Waals surface area contributed by atoms with Crippen molar-refractivity contribution in [2.75, 3.05) is 27.2 Å². The van der Waals surface area contributed by atoms with Gasteiger partial charge in [-0.2, -0.15) is 0 Å². The highest BCUT2D eigenvalue weighted by molar-refractivity contribution is 6.30. The summed E-state index contributed by atoms with van der Waals surface area (Å²) in [6, 6.07) is 7.72. The van der Waals surface area contributed by atoms with Gasteiger partial charge >= 0.3 is 0 Å². The summed E-state index contributed by atoms with van der Waals surface area (Å²) < 4.78 is 0. The topological polar surface area (TPSA) is 24.5 Å². The van der Waals surface area contributed by atoms with Crippen LogP contribution in [-0.4, -0.2) is 32.1 Å². The molecule has 1 rings (SSSR count). The van der Waals surface area contributed by atoms with E-state index in [2.05, 4.69) is 23.4 Å². The Labute approximate surface area is 126 Å². The fourth-order valence-electron chi connectivity index (χ4n) is 1.49. The maximum absolute atomic E-state index is 5.86. The number of allylic oxidation sites excluding steroid dienone is 2. The zero-order valence-electron chi connectivity index (χ0n) is 12.4. The average Bonchev–Trinajstić information content (AvgIpc) is 2.42. The molecule has 0 heterocycles. The number of rotatable bonds is 8. The van der Waals surface area contributed by atoms with Crippen LogP contribution in [0.5, 0.6) is 0 Å². The van der Waals surface area contributed by atoms with E-state index >= 15 is 0 Å². The molecule has 0 bridgehead atoms. The van der Waals surface area contributed by atoms with Gasteiger partial charge in [-0.3, -0.25) is 10.3 Å². The molecule has 0 aliphatic rings. The monoisotopic (exact) mass is 294 g/mol. The van der Waals surface area contributed by atoms with Gasteiger partial charge in [-0.05, 0) is 44.3 Å². The Kier molecular flexibility index (Phi) is 8.04. The van der Waals surface area contributed by atoms with Gasteiger partial charge in [0.25, 0.3) is 0 Å². The largest absolute Gasteiger partial charge is 0.307 e. The highest BCUT2D eigenvalue weighted by atomic mass is 35.5. The summed E-state index contributed by atoms with van der Waals surface area (Å²) >= 11 is 5.86. The van der Waals surface area contributed by atoms with Crippen molar-refractivity contribution in [3.05, 3.63) is 52.7 Å². The average molecular weight is 295 g/mol. The van der Waals surface area contributed by atoms with Gasteiger partial charge in [0, 0.05) is 11.6 Å². The van der Waals surface area contributed by atoms with Crippen LogP contribution in [0.2, 0.25) is 5.02 Å². The molecule has 3 nitrogen and oxygen atoms in total. The van der Waals surface area contributed by atoms with Crippen molar-refractivity contribution < 1.29 is 4.84 Å². The third kappa shape index (κ3) is 7.34. The Morgan fingerprint density at radius 1 is 1.30 bits per heavy atom. The molecule has 110 valence electrons. The fraction of sp³-hybridized carbons (Fsp3) is 0.375. The van der Waals surface area contributed by atoms with Crippen molar-refractivity contribution in [3.63, 3.8) is 0 Å². The maximum Gasteiger partial charge on any atom is 0.0872 e. The molecule has 0 spiro atoms. The van der Waals surface area contributed by atoms with Crippen LogP contribution in [0.15, 0.2) is 42.1 Å². The minimum atomic E-state index is 0.642. The molecule has 0 radical (unpaired) electrons. The first-order valence-corrected chi connectivity index (χ1v) is 7.16. The summed E-state index contributed by atoms with van der Waals surface area (Å²) in [6.07, 6.45) is 7.06. The SMILES string of the molecule is CCC=C(C=Cc1ccc(Cl)cc1)NOCCN(C)C. The second kappa shape index (κ2) is 9.59. The molecule has 0 aliphatic heterocycles. The van der Waals surface area contributed by atoms with E-state index in [4.69, 9.17) is 16.4 Å². The van der Waals surface area contributed by atoms with Gasteiger partial charge in [0.15, 0.2) is 0 Å². The second-order valence-corrected chi connectivity index (χ2v) is 5.14. The number of halogens is 1. The molecule has 0 unspecified atom stereocenters. The van der Waals surface area contributed by atoms with Crippen LogP contribution in [0.4, 0.5) is 0 Å². The Bertz CT molecular complexity index is 438. The smallest absolute Gasteiger partial charge is 0.0872 e. The van der Waals surface area contributed by atoms with Crippen LogP contribution in [0, 0.1) is 0 Å². The Morgan fingerprint density at radius 3 is 2.60 bits per heavy atom. The lowest BCUT2D eigenvalue weighted by Gasteiger charge is -2.11. The predicted octanol–water partition coefficient (Wildman–Crippen LogP) is 3.73. The standard InChI is InChI=1S/C16H23ClN2O/c1-4-5-16(18-20-13-12-19(2)3)11-8-14-6-9-15(17)10-7-14/h5-11,18H,4,12-13H2,1-3H3. The first kappa shape index (κ1) is 16.8. The molecule has 0 saturated carbocycles. The number of hydrogen-bond donors (Lipinski definition) is 1. The summed E-state index contributed by atoms with van der Waals surface area (Å²) in [5.41, 5.74) is 5.04. The van der Waals surface area contributed by atoms with Crippen LogP contribution in [0.3, 0.4) is 0 Å². The van der Waals surface area contributed by atoms with Crippen molar-refractivity contribution in [2.45, 2.75) is 13.3 Å². The summed E-state index contributed by atoms with van der Waals surface area (Å²) in [6.45, 7) is 3.62. The first-order valence-electron chi connectivity index (χ1n) is 6.78. The third-order valence-corrected chi connectivity index (χ3v) is 2.83. The lowest BCUT2D eigenvalue weighted by molar-refractivity contribution is 0.0547. The summed E-state index contributed by atoms with van der Waals surface area (Å²) in [5.74, 6) is 0. The molecule has 4 heteroatoms. The van der Waals surface area contributed by atoms with Crippen molar-refractivity contribution in [3.8, 4) is 0 Å². The minimum Gasteiger partial charge on any atom is -0.307 e. The molecular weight excluding hydrogens is 272 g/mol. The Hall–Kier alpha value is -1.29. The molecule has 1 aromatic carbocycles. The number of nitrogens with one attached hydrogen (secondary N) is 1. The highest BCUT2D eigenvalue weighted by Crippen LogP contribution is 2.11. The molecule has 0 amide bonds. The number of benzene rings is 1. The van der Waals surface area contributed by atoms with E-state index in [-0.39, 0.29) is 0 Å². The summed E-state index contributed by atoms with van der Waals surface area (Å²) in [4.78, 5) is 7.51. The molecule has 0 aliphatic carbocycles. The van der Waals surface area contributed by atoms with Crippen molar-refractivity contribution >= 4 is 17.7 Å². The quantitative estimate of drug-likeness (QED) is 0.449. The van der Waals surface area contributed by atoms with Crippen molar-refractivity contribution in [1.29, 1.82) is 0 Å². The van der Waals surface area contributed by atoms with E-state index in [0.717, 1.165) is 29.2 Å². The third-order valence-electron chi connectivity index (χ3n) is 2.58. The maximum atomic E-state index is 5.86.